The maximum absolute atomic E-state index is 11.6. The molecule has 18 heavy (non-hydrogen) atoms. The molecule has 94 valence electrons. The van der Waals surface area contributed by atoms with Gasteiger partial charge in [0.05, 0.1) is 6.42 Å². The molecule has 3 N–H and O–H groups in total. The lowest BCUT2D eigenvalue weighted by Crippen LogP contribution is -2.30. The van der Waals surface area contributed by atoms with Gasteiger partial charge in [0.25, 0.3) is 0 Å². The zero-order chi connectivity index (χ0) is 13.1. The van der Waals surface area contributed by atoms with Crippen LogP contribution >= 0.6 is 0 Å². The standard InChI is InChI=1S/C13H14N2O3/c1-8-3-2-4-10-13(8)9(6-14-10)5-11(16)15-7-12(17)18/h2-4,6,14H,5,7H2,1H3,(H,15,16)(H,17,18). The molecule has 1 amide bonds. The van der Waals surface area contributed by atoms with Crippen LogP contribution in [-0.4, -0.2) is 28.5 Å². The van der Waals surface area contributed by atoms with Crippen molar-refractivity contribution in [3.8, 4) is 0 Å². The van der Waals surface area contributed by atoms with Crippen molar-refractivity contribution in [1.29, 1.82) is 0 Å². The zero-order valence-electron chi connectivity index (χ0n) is 9.99. The Hall–Kier alpha value is -2.30. The molecule has 0 atom stereocenters. The summed E-state index contributed by atoms with van der Waals surface area (Å²) in [5.41, 5.74) is 2.96. The van der Waals surface area contributed by atoms with E-state index in [9.17, 15) is 9.59 Å². The van der Waals surface area contributed by atoms with Gasteiger partial charge in [-0.3, -0.25) is 9.59 Å². The number of nitrogens with one attached hydrogen (secondary N) is 2. The molecule has 0 aliphatic carbocycles. The molecule has 0 unspecified atom stereocenters. The summed E-state index contributed by atoms with van der Waals surface area (Å²) in [6, 6.07) is 5.87. The summed E-state index contributed by atoms with van der Waals surface area (Å²) in [5, 5.41) is 11.9. The Morgan fingerprint density at radius 2 is 2.17 bits per heavy atom. The minimum atomic E-state index is -1.04. The Bertz CT molecular complexity index is 601. The number of aromatic amines is 1. The van der Waals surface area contributed by atoms with Crippen LogP contribution in [0, 0.1) is 6.92 Å². The van der Waals surface area contributed by atoms with E-state index in [1.54, 1.807) is 6.20 Å². The van der Waals surface area contributed by atoms with Gasteiger partial charge in [-0.25, -0.2) is 0 Å². The van der Waals surface area contributed by atoms with Gasteiger partial charge in [0.1, 0.15) is 6.54 Å². The average molecular weight is 246 g/mol. The Balaban J connectivity index is 2.17. The first-order chi connectivity index (χ1) is 8.58. The number of carbonyl (C=O) groups is 2. The van der Waals surface area contributed by atoms with E-state index in [1.807, 2.05) is 25.1 Å². The molecule has 1 aromatic carbocycles. The van der Waals surface area contributed by atoms with Gasteiger partial charge in [-0.1, -0.05) is 12.1 Å². The summed E-state index contributed by atoms with van der Waals surface area (Å²) >= 11 is 0. The number of hydrogen-bond acceptors (Lipinski definition) is 2. The molecule has 0 fully saturated rings. The molecule has 0 saturated carbocycles. The molecule has 0 spiro atoms. The second-order valence-electron chi connectivity index (χ2n) is 4.16. The molecular formula is C13H14N2O3. The number of fused-ring (bicyclic) bond motifs is 1. The Kier molecular flexibility index (Phi) is 3.32. The second-order valence-corrected chi connectivity index (χ2v) is 4.16. The van der Waals surface area contributed by atoms with Crippen molar-refractivity contribution < 1.29 is 14.7 Å². The van der Waals surface area contributed by atoms with Crippen LogP contribution in [-0.2, 0) is 16.0 Å². The quantitative estimate of drug-likeness (QED) is 0.758. The number of carboxylic acid groups (broad SMARTS) is 1. The summed E-state index contributed by atoms with van der Waals surface area (Å²) < 4.78 is 0. The average Bonchev–Trinajstić information content (AvgIpc) is 2.71. The fraction of sp³-hybridized carbons (Fsp3) is 0.231. The molecule has 0 aliphatic rings. The van der Waals surface area contributed by atoms with Crippen molar-refractivity contribution in [2.75, 3.05) is 6.54 Å². The fourth-order valence-corrected chi connectivity index (χ4v) is 2.00. The van der Waals surface area contributed by atoms with Crippen LogP contribution in [0.4, 0.5) is 0 Å². The number of amides is 1. The first kappa shape index (κ1) is 12.2. The molecule has 5 nitrogen and oxygen atoms in total. The highest BCUT2D eigenvalue weighted by atomic mass is 16.4. The van der Waals surface area contributed by atoms with Crippen LogP contribution in [0.5, 0.6) is 0 Å². The number of carboxylic acids is 1. The van der Waals surface area contributed by atoms with Crippen molar-refractivity contribution in [1.82, 2.24) is 10.3 Å². The van der Waals surface area contributed by atoms with E-state index >= 15 is 0 Å². The van der Waals surface area contributed by atoms with Crippen molar-refractivity contribution >= 4 is 22.8 Å². The lowest BCUT2D eigenvalue weighted by molar-refractivity contribution is -0.137. The fourth-order valence-electron chi connectivity index (χ4n) is 2.00. The van der Waals surface area contributed by atoms with E-state index < -0.39 is 5.97 Å². The third-order valence-corrected chi connectivity index (χ3v) is 2.78. The van der Waals surface area contributed by atoms with Gasteiger partial charge in [-0.05, 0) is 24.1 Å². The highest BCUT2D eigenvalue weighted by Gasteiger charge is 2.10. The molecule has 1 heterocycles. The highest BCUT2D eigenvalue weighted by Crippen LogP contribution is 2.22. The number of aromatic nitrogens is 1. The Morgan fingerprint density at radius 1 is 1.39 bits per heavy atom. The van der Waals surface area contributed by atoms with Gasteiger partial charge in [0, 0.05) is 17.1 Å². The monoisotopic (exact) mass is 246 g/mol. The lowest BCUT2D eigenvalue weighted by Gasteiger charge is -2.03. The number of benzene rings is 1. The van der Waals surface area contributed by atoms with Crippen LogP contribution in [0.1, 0.15) is 11.1 Å². The van der Waals surface area contributed by atoms with Gasteiger partial charge >= 0.3 is 5.97 Å². The summed E-state index contributed by atoms with van der Waals surface area (Å²) in [7, 11) is 0. The largest absolute Gasteiger partial charge is 0.480 e. The smallest absolute Gasteiger partial charge is 0.322 e. The Labute approximate surface area is 104 Å². The van der Waals surface area contributed by atoms with Crippen molar-refractivity contribution in [2.24, 2.45) is 0 Å². The van der Waals surface area contributed by atoms with Gasteiger partial charge in [0.2, 0.25) is 5.91 Å². The third-order valence-electron chi connectivity index (χ3n) is 2.78. The van der Waals surface area contributed by atoms with Crippen molar-refractivity contribution in [3.63, 3.8) is 0 Å². The summed E-state index contributed by atoms with van der Waals surface area (Å²) in [6.45, 7) is 1.63. The SMILES string of the molecule is Cc1cccc2[nH]cc(CC(=O)NCC(=O)O)c12. The molecule has 5 heteroatoms. The zero-order valence-corrected chi connectivity index (χ0v) is 9.99. The van der Waals surface area contributed by atoms with E-state index in [2.05, 4.69) is 10.3 Å². The minimum absolute atomic E-state index is 0.179. The molecule has 2 aromatic rings. The maximum Gasteiger partial charge on any atom is 0.322 e. The number of aryl methyl sites for hydroxylation is 1. The van der Waals surface area contributed by atoms with E-state index in [1.165, 1.54) is 0 Å². The molecule has 0 radical (unpaired) electrons. The topological polar surface area (TPSA) is 82.2 Å². The third kappa shape index (κ3) is 2.51. The van der Waals surface area contributed by atoms with Gasteiger partial charge < -0.3 is 15.4 Å². The van der Waals surface area contributed by atoms with Crippen LogP contribution in [0.25, 0.3) is 10.9 Å². The maximum atomic E-state index is 11.6. The van der Waals surface area contributed by atoms with E-state index in [0.29, 0.717) is 0 Å². The number of hydrogen-bond donors (Lipinski definition) is 3. The molecular weight excluding hydrogens is 232 g/mol. The molecule has 2 rings (SSSR count). The highest BCUT2D eigenvalue weighted by molar-refractivity contribution is 5.91. The second kappa shape index (κ2) is 4.91. The molecule has 1 aromatic heterocycles. The predicted molar refractivity (Wildman–Crippen MR) is 67.4 cm³/mol. The Morgan fingerprint density at radius 3 is 2.89 bits per heavy atom. The number of aliphatic carboxylic acids is 1. The molecule has 0 aliphatic heterocycles. The number of carbonyl (C=O) groups excluding carboxylic acids is 1. The first-order valence-electron chi connectivity index (χ1n) is 5.62. The minimum Gasteiger partial charge on any atom is -0.480 e. The van der Waals surface area contributed by atoms with E-state index in [-0.39, 0.29) is 18.9 Å². The number of rotatable bonds is 4. The van der Waals surface area contributed by atoms with Crippen molar-refractivity contribution in [2.45, 2.75) is 13.3 Å². The normalized spacial score (nSPS) is 10.5. The lowest BCUT2D eigenvalue weighted by atomic mass is 10.1. The number of H-pyrrole nitrogens is 1. The van der Waals surface area contributed by atoms with Crippen molar-refractivity contribution in [3.05, 3.63) is 35.5 Å². The van der Waals surface area contributed by atoms with Crippen LogP contribution in [0.15, 0.2) is 24.4 Å². The summed E-state index contributed by atoms with van der Waals surface area (Å²) in [4.78, 5) is 25.0. The van der Waals surface area contributed by atoms with Crippen LogP contribution in [0.3, 0.4) is 0 Å². The molecule has 0 saturated heterocycles. The predicted octanol–water partition coefficient (Wildman–Crippen LogP) is 1.22. The van der Waals surface area contributed by atoms with Gasteiger partial charge in [-0.2, -0.15) is 0 Å². The van der Waals surface area contributed by atoms with E-state index in [0.717, 1.165) is 22.0 Å². The summed E-state index contributed by atoms with van der Waals surface area (Å²) in [6.07, 6.45) is 1.97. The molecule has 0 bridgehead atoms. The van der Waals surface area contributed by atoms with Gasteiger partial charge in [-0.15, -0.1) is 0 Å². The van der Waals surface area contributed by atoms with E-state index in [4.69, 9.17) is 5.11 Å². The van der Waals surface area contributed by atoms with Crippen LogP contribution < -0.4 is 5.32 Å². The van der Waals surface area contributed by atoms with Crippen LogP contribution in [0.2, 0.25) is 0 Å². The summed E-state index contributed by atoms with van der Waals surface area (Å²) in [5.74, 6) is -1.33. The first-order valence-corrected chi connectivity index (χ1v) is 5.62. The van der Waals surface area contributed by atoms with Gasteiger partial charge in [0.15, 0.2) is 0 Å².